The van der Waals surface area contributed by atoms with Crippen LogP contribution in [0, 0.1) is 6.92 Å². The Hall–Kier alpha value is -3.80. The van der Waals surface area contributed by atoms with Gasteiger partial charge in [0, 0.05) is 16.8 Å². The highest BCUT2D eigenvalue weighted by Crippen LogP contribution is 2.36. The predicted octanol–water partition coefficient (Wildman–Crippen LogP) is 4.63. The van der Waals surface area contributed by atoms with E-state index in [1.54, 1.807) is 6.07 Å². The Morgan fingerprint density at radius 2 is 1.73 bits per heavy atom. The van der Waals surface area contributed by atoms with E-state index in [1.807, 2.05) is 61.5 Å². The van der Waals surface area contributed by atoms with Crippen LogP contribution in [0.2, 0.25) is 0 Å². The zero-order valence-electron chi connectivity index (χ0n) is 16.7. The molecule has 0 saturated carbocycles. The maximum absolute atomic E-state index is 12.3. The van der Waals surface area contributed by atoms with Crippen LogP contribution in [0.15, 0.2) is 65.1 Å². The van der Waals surface area contributed by atoms with Crippen molar-refractivity contribution in [3.63, 3.8) is 0 Å². The molecule has 30 heavy (non-hydrogen) atoms. The first-order chi connectivity index (χ1) is 14.5. The van der Waals surface area contributed by atoms with Crippen molar-refractivity contribution in [1.29, 1.82) is 0 Å². The average Bonchev–Trinajstić information content (AvgIpc) is 3.10. The van der Waals surface area contributed by atoms with Gasteiger partial charge in [0.05, 0.1) is 19.2 Å². The van der Waals surface area contributed by atoms with E-state index in [0.717, 1.165) is 27.5 Å². The largest absolute Gasteiger partial charge is 0.495 e. The fourth-order valence-electron chi connectivity index (χ4n) is 3.27. The number of carbonyl (C=O) groups is 2. The van der Waals surface area contributed by atoms with Crippen LogP contribution in [0.5, 0.6) is 5.75 Å². The number of benzene rings is 3. The van der Waals surface area contributed by atoms with Crippen LogP contribution in [0.4, 0.5) is 5.69 Å². The molecule has 1 N–H and O–H groups in total. The second kappa shape index (κ2) is 8.29. The third kappa shape index (κ3) is 4.12. The molecule has 0 fully saturated rings. The maximum Gasteiger partial charge on any atom is 0.310 e. The molecule has 0 spiro atoms. The van der Waals surface area contributed by atoms with Gasteiger partial charge in [0.25, 0.3) is 5.91 Å². The molecule has 0 saturated heterocycles. The van der Waals surface area contributed by atoms with Gasteiger partial charge in [-0.25, -0.2) is 0 Å². The van der Waals surface area contributed by atoms with E-state index in [9.17, 15) is 9.59 Å². The smallest absolute Gasteiger partial charge is 0.310 e. The molecule has 0 aliphatic carbocycles. The molecular formula is C24H21NO5. The molecule has 0 atom stereocenters. The van der Waals surface area contributed by atoms with Gasteiger partial charge in [-0.05, 0) is 24.6 Å². The Bertz CT molecular complexity index is 1220. The summed E-state index contributed by atoms with van der Waals surface area (Å²) in [6.07, 6.45) is 0.113. The van der Waals surface area contributed by atoms with E-state index in [2.05, 4.69) is 5.32 Å². The van der Waals surface area contributed by atoms with Crippen molar-refractivity contribution < 1.29 is 23.5 Å². The highest BCUT2D eigenvalue weighted by Gasteiger charge is 2.15. The summed E-state index contributed by atoms with van der Waals surface area (Å²) < 4.78 is 16.4. The zero-order valence-corrected chi connectivity index (χ0v) is 16.7. The lowest BCUT2D eigenvalue weighted by molar-refractivity contribution is -0.146. The molecule has 3 aromatic carbocycles. The summed E-state index contributed by atoms with van der Waals surface area (Å²) in [4.78, 5) is 24.3. The quantitative estimate of drug-likeness (QED) is 0.475. The van der Waals surface area contributed by atoms with Gasteiger partial charge in [-0.15, -0.1) is 0 Å². The second-order valence-electron chi connectivity index (χ2n) is 7.02. The summed E-state index contributed by atoms with van der Waals surface area (Å²) in [5, 5.41) is 4.58. The Balaban J connectivity index is 1.43. The molecule has 6 heteroatoms. The summed E-state index contributed by atoms with van der Waals surface area (Å²) in [5.41, 5.74) is 3.78. The van der Waals surface area contributed by atoms with Crippen molar-refractivity contribution in [3.8, 4) is 5.75 Å². The lowest BCUT2D eigenvalue weighted by Gasteiger charge is -2.11. The van der Waals surface area contributed by atoms with E-state index < -0.39 is 11.9 Å². The molecule has 1 aromatic heterocycles. The molecule has 4 rings (SSSR count). The third-order valence-corrected chi connectivity index (χ3v) is 4.81. The van der Waals surface area contributed by atoms with Crippen molar-refractivity contribution in [2.45, 2.75) is 13.3 Å². The molecule has 152 valence electrons. The lowest BCUT2D eigenvalue weighted by Crippen LogP contribution is -2.22. The van der Waals surface area contributed by atoms with Crippen molar-refractivity contribution in [2.75, 3.05) is 19.0 Å². The number of amides is 1. The van der Waals surface area contributed by atoms with Gasteiger partial charge in [0.1, 0.15) is 16.9 Å². The van der Waals surface area contributed by atoms with Gasteiger partial charge in [-0.2, -0.15) is 0 Å². The van der Waals surface area contributed by atoms with Gasteiger partial charge in [-0.1, -0.05) is 48.0 Å². The Morgan fingerprint density at radius 3 is 2.50 bits per heavy atom. The topological polar surface area (TPSA) is 77.8 Å². The first-order valence-corrected chi connectivity index (χ1v) is 9.54. The fraction of sp³-hybridized carbons (Fsp3) is 0.167. The predicted molar refractivity (Wildman–Crippen MR) is 115 cm³/mol. The molecule has 4 aromatic rings. The molecule has 0 unspecified atom stereocenters. The number of fused-ring (bicyclic) bond motifs is 3. The van der Waals surface area contributed by atoms with Crippen LogP contribution < -0.4 is 10.1 Å². The van der Waals surface area contributed by atoms with E-state index in [-0.39, 0.29) is 13.0 Å². The number of aryl methyl sites for hydroxylation is 1. The van der Waals surface area contributed by atoms with Crippen LogP contribution in [0.25, 0.3) is 21.9 Å². The number of anilines is 1. The molecule has 0 aliphatic rings. The molecule has 1 heterocycles. The molecule has 0 aliphatic heterocycles. The molecule has 0 radical (unpaired) electrons. The van der Waals surface area contributed by atoms with Gasteiger partial charge in [0.15, 0.2) is 6.61 Å². The second-order valence-corrected chi connectivity index (χ2v) is 7.02. The van der Waals surface area contributed by atoms with Crippen molar-refractivity contribution in [2.24, 2.45) is 0 Å². The van der Waals surface area contributed by atoms with Crippen LogP contribution in [0.3, 0.4) is 0 Å². The standard InChI is InChI=1S/C24H21NO5/c1-15-7-9-16(10-8-15)11-24(27)29-14-23(26)25-19-13-21-18(12-22(19)28-2)17-5-3-4-6-20(17)30-21/h3-10,12-13H,11,14H2,1-2H3,(H,25,26). The number of hydrogen-bond acceptors (Lipinski definition) is 5. The van der Waals surface area contributed by atoms with E-state index >= 15 is 0 Å². The number of hydrogen-bond donors (Lipinski definition) is 1. The average molecular weight is 403 g/mol. The van der Waals surface area contributed by atoms with Crippen LogP contribution in [0.1, 0.15) is 11.1 Å². The molecule has 0 bridgehead atoms. The van der Waals surface area contributed by atoms with E-state index in [1.165, 1.54) is 7.11 Å². The lowest BCUT2D eigenvalue weighted by atomic mass is 10.1. The minimum Gasteiger partial charge on any atom is -0.495 e. The number of rotatable bonds is 6. The van der Waals surface area contributed by atoms with Crippen molar-refractivity contribution >= 4 is 39.5 Å². The molecular weight excluding hydrogens is 382 g/mol. The third-order valence-electron chi connectivity index (χ3n) is 4.81. The Labute approximate surface area is 173 Å². The number of furan rings is 1. The Kier molecular flexibility index (Phi) is 5.39. The van der Waals surface area contributed by atoms with E-state index in [4.69, 9.17) is 13.9 Å². The molecule has 6 nitrogen and oxygen atoms in total. The minimum absolute atomic E-state index is 0.113. The summed E-state index contributed by atoms with van der Waals surface area (Å²) in [6, 6.07) is 18.8. The number of carbonyl (C=O) groups excluding carboxylic acids is 2. The highest BCUT2D eigenvalue weighted by molar-refractivity contribution is 6.07. The number of esters is 1. The number of nitrogens with one attached hydrogen (secondary N) is 1. The number of para-hydroxylation sites is 1. The first-order valence-electron chi connectivity index (χ1n) is 9.54. The van der Waals surface area contributed by atoms with Crippen LogP contribution in [-0.4, -0.2) is 25.6 Å². The first kappa shape index (κ1) is 19.5. The number of methoxy groups -OCH3 is 1. The summed E-state index contributed by atoms with van der Waals surface area (Å²) in [5.74, 6) is -0.428. The monoisotopic (exact) mass is 403 g/mol. The Morgan fingerprint density at radius 1 is 0.967 bits per heavy atom. The van der Waals surface area contributed by atoms with Crippen LogP contribution >= 0.6 is 0 Å². The normalized spacial score (nSPS) is 10.9. The van der Waals surface area contributed by atoms with E-state index in [0.29, 0.717) is 17.0 Å². The maximum atomic E-state index is 12.3. The van der Waals surface area contributed by atoms with Gasteiger partial charge in [-0.3, -0.25) is 9.59 Å². The van der Waals surface area contributed by atoms with Gasteiger partial charge in [0.2, 0.25) is 0 Å². The van der Waals surface area contributed by atoms with Crippen molar-refractivity contribution in [1.82, 2.24) is 0 Å². The zero-order chi connectivity index (χ0) is 21.1. The SMILES string of the molecule is COc1cc2c(cc1NC(=O)COC(=O)Cc1ccc(C)cc1)oc1ccccc12. The fourth-order valence-corrected chi connectivity index (χ4v) is 3.27. The van der Waals surface area contributed by atoms with Crippen molar-refractivity contribution in [3.05, 3.63) is 71.8 Å². The number of ether oxygens (including phenoxy) is 2. The van der Waals surface area contributed by atoms with Gasteiger partial charge >= 0.3 is 5.97 Å². The molecule has 1 amide bonds. The summed E-state index contributed by atoms with van der Waals surface area (Å²) >= 11 is 0. The summed E-state index contributed by atoms with van der Waals surface area (Å²) in [6.45, 7) is 1.59. The minimum atomic E-state index is -0.464. The highest BCUT2D eigenvalue weighted by atomic mass is 16.5. The van der Waals surface area contributed by atoms with Crippen LogP contribution in [-0.2, 0) is 20.7 Å². The summed E-state index contributed by atoms with van der Waals surface area (Å²) in [7, 11) is 1.53. The van der Waals surface area contributed by atoms with Gasteiger partial charge < -0.3 is 19.2 Å².